The first-order valence-electron chi connectivity index (χ1n) is 7.19. The van der Waals surface area contributed by atoms with Gasteiger partial charge in [0.2, 0.25) is 0 Å². The minimum absolute atomic E-state index is 0.400. The smallest absolute Gasteiger partial charge is 0.186 e. The topological polar surface area (TPSA) is 54.5 Å². The third kappa shape index (κ3) is 2.89. The van der Waals surface area contributed by atoms with Gasteiger partial charge in [-0.15, -0.1) is 5.10 Å². The fourth-order valence-corrected chi connectivity index (χ4v) is 2.46. The molecule has 0 saturated carbocycles. The van der Waals surface area contributed by atoms with Crippen molar-refractivity contribution in [1.29, 1.82) is 5.26 Å². The van der Waals surface area contributed by atoms with Crippen molar-refractivity contribution in [3.63, 3.8) is 0 Å². The average Bonchev–Trinajstić information content (AvgIpc) is 2.92. The minimum atomic E-state index is 0.400. The van der Waals surface area contributed by atoms with Crippen molar-refractivity contribution in [3.05, 3.63) is 82.7 Å². The van der Waals surface area contributed by atoms with Crippen molar-refractivity contribution in [3.8, 4) is 6.07 Å². The summed E-state index contributed by atoms with van der Waals surface area (Å²) in [5.74, 6) is 0. The molecule has 1 aromatic heterocycles. The van der Waals surface area contributed by atoms with Crippen molar-refractivity contribution in [1.82, 2.24) is 15.0 Å². The van der Waals surface area contributed by atoms with Crippen LogP contribution in [0.15, 0.2) is 54.6 Å². The summed E-state index contributed by atoms with van der Waals surface area (Å²) in [6.45, 7) is 2.71. The van der Waals surface area contributed by atoms with Crippen LogP contribution < -0.4 is 0 Å². The second-order valence-electron chi connectivity index (χ2n) is 5.24. The molecule has 3 aromatic rings. The zero-order chi connectivity index (χ0) is 15.4. The molecule has 0 atom stereocenters. The maximum atomic E-state index is 9.26. The van der Waals surface area contributed by atoms with Crippen LogP contribution >= 0.6 is 0 Å². The summed E-state index contributed by atoms with van der Waals surface area (Å²) in [6.07, 6.45) is 0.655. The number of rotatable bonds is 4. The first kappa shape index (κ1) is 14.0. The maximum absolute atomic E-state index is 9.26. The molecule has 4 nitrogen and oxygen atoms in total. The highest BCUT2D eigenvalue weighted by molar-refractivity contribution is 5.32. The van der Waals surface area contributed by atoms with E-state index in [4.69, 9.17) is 0 Å². The van der Waals surface area contributed by atoms with Gasteiger partial charge in [0.05, 0.1) is 12.2 Å². The Morgan fingerprint density at radius 1 is 1.05 bits per heavy atom. The molecule has 0 unspecified atom stereocenters. The SMILES string of the molecule is Cc1ccccc1Cn1nnc(C#N)c1Cc1ccccc1. The highest BCUT2D eigenvalue weighted by Crippen LogP contribution is 2.15. The average molecular weight is 288 g/mol. The third-order valence-corrected chi connectivity index (χ3v) is 3.74. The Hall–Kier alpha value is -2.93. The Bertz CT molecular complexity index is 813. The highest BCUT2D eigenvalue weighted by Gasteiger charge is 2.14. The number of benzene rings is 2. The third-order valence-electron chi connectivity index (χ3n) is 3.74. The lowest BCUT2D eigenvalue weighted by atomic mass is 10.1. The molecule has 3 rings (SSSR count). The van der Waals surface area contributed by atoms with E-state index in [1.165, 1.54) is 11.1 Å². The van der Waals surface area contributed by atoms with Crippen LogP contribution in [0.4, 0.5) is 0 Å². The van der Waals surface area contributed by atoms with Gasteiger partial charge in [-0.1, -0.05) is 59.8 Å². The van der Waals surface area contributed by atoms with Crippen molar-refractivity contribution in [2.75, 3.05) is 0 Å². The lowest BCUT2D eigenvalue weighted by molar-refractivity contribution is 0.623. The van der Waals surface area contributed by atoms with Gasteiger partial charge in [0.25, 0.3) is 0 Å². The van der Waals surface area contributed by atoms with Gasteiger partial charge in [-0.3, -0.25) is 0 Å². The standard InChI is InChI=1S/C18H16N4/c1-14-7-5-6-10-16(14)13-22-18(17(12-19)20-21-22)11-15-8-3-2-4-9-15/h2-10H,11,13H2,1H3. The van der Waals surface area contributed by atoms with Crippen molar-refractivity contribution >= 4 is 0 Å². The molecule has 0 aliphatic heterocycles. The fraction of sp³-hybridized carbons (Fsp3) is 0.167. The molecule has 0 amide bonds. The summed E-state index contributed by atoms with van der Waals surface area (Å²) in [7, 11) is 0. The molecule has 2 aromatic carbocycles. The second-order valence-corrected chi connectivity index (χ2v) is 5.24. The van der Waals surface area contributed by atoms with E-state index in [0.29, 0.717) is 18.7 Å². The van der Waals surface area contributed by atoms with Crippen molar-refractivity contribution in [2.24, 2.45) is 0 Å². The maximum Gasteiger partial charge on any atom is 0.186 e. The summed E-state index contributed by atoms with van der Waals surface area (Å²) in [5, 5.41) is 17.4. The lowest BCUT2D eigenvalue weighted by Crippen LogP contribution is -2.08. The summed E-state index contributed by atoms with van der Waals surface area (Å²) in [6, 6.07) is 20.4. The molecular weight excluding hydrogens is 272 g/mol. The summed E-state index contributed by atoms with van der Waals surface area (Å²) in [4.78, 5) is 0. The van der Waals surface area contributed by atoms with Crippen LogP contribution in [0.5, 0.6) is 0 Å². The normalized spacial score (nSPS) is 10.4. The van der Waals surface area contributed by atoms with Gasteiger partial charge < -0.3 is 0 Å². The lowest BCUT2D eigenvalue weighted by Gasteiger charge is -2.09. The van der Waals surface area contributed by atoms with Gasteiger partial charge in [-0.05, 0) is 23.6 Å². The highest BCUT2D eigenvalue weighted by atomic mass is 15.4. The molecule has 0 aliphatic carbocycles. The number of nitriles is 1. The Labute approximate surface area is 129 Å². The molecule has 0 bridgehead atoms. The molecule has 0 saturated heterocycles. The van der Waals surface area contributed by atoms with Gasteiger partial charge in [-0.2, -0.15) is 5.26 Å². The monoisotopic (exact) mass is 288 g/mol. The van der Waals surface area contributed by atoms with Crippen LogP contribution in [0.2, 0.25) is 0 Å². The number of aryl methyl sites for hydroxylation is 1. The predicted molar refractivity (Wildman–Crippen MR) is 84.3 cm³/mol. The van der Waals surface area contributed by atoms with Crippen LogP contribution in [-0.4, -0.2) is 15.0 Å². The summed E-state index contributed by atoms with van der Waals surface area (Å²) >= 11 is 0. The first-order chi connectivity index (χ1) is 10.8. The van der Waals surface area contributed by atoms with Crippen molar-refractivity contribution < 1.29 is 0 Å². The molecule has 108 valence electrons. The van der Waals surface area contributed by atoms with E-state index >= 15 is 0 Å². The van der Waals surface area contributed by atoms with Crippen LogP contribution in [0, 0.1) is 18.3 Å². The van der Waals surface area contributed by atoms with E-state index in [1.807, 2.05) is 47.1 Å². The Morgan fingerprint density at radius 3 is 2.50 bits per heavy atom. The van der Waals surface area contributed by atoms with Gasteiger partial charge in [-0.25, -0.2) is 4.68 Å². The number of hydrogen-bond acceptors (Lipinski definition) is 3. The Balaban J connectivity index is 1.94. The largest absolute Gasteiger partial charge is 0.243 e. The molecule has 0 radical (unpaired) electrons. The summed E-state index contributed by atoms with van der Waals surface area (Å²) < 4.78 is 1.83. The number of aromatic nitrogens is 3. The van der Waals surface area contributed by atoms with E-state index in [1.54, 1.807) is 0 Å². The fourth-order valence-electron chi connectivity index (χ4n) is 2.46. The van der Waals surface area contributed by atoms with E-state index in [0.717, 1.165) is 11.3 Å². The van der Waals surface area contributed by atoms with Crippen LogP contribution in [0.25, 0.3) is 0 Å². The Morgan fingerprint density at radius 2 is 1.77 bits per heavy atom. The molecule has 0 aliphatic rings. The van der Waals surface area contributed by atoms with Crippen molar-refractivity contribution in [2.45, 2.75) is 19.9 Å². The number of hydrogen-bond donors (Lipinski definition) is 0. The van der Waals surface area contributed by atoms with Gasteiger partial charge in [0.1, 0.15) is 6.07 Å². The predicted octanol–water partition coefficient (Wildman–Crippen LogP) is 3.10. The number of nitrogens with zero attached hydrogens (tertiary/aromatic N) is 4. The molecule has 22 heavy (non-hydrogen) atoms. The quantitative estimate of drug-likeness (QED) is 0.741. The van der Waals surface area contributed by atoms with Crippen LogP contribution in [0.1, 0.15) is 28.1 Å². The Kier molecular flexibility index (Phi) is 3.97. The van der Waals surface area contributed by atoms with Crippen LogP contribution in [0.3, 0.4) is 0 Å². The molecule has 0 fully saturated rings. The van der Waals surface area contributed by atoms with E-state index < -0.39 is 0 Å². The van der Waals surface area contributed by atoms with Gasteiger partial charge >= 0.3 is 0 Å². The zero-order valence-corrected chi connectivity index (χ0v) is 12.4. The first-order valence-corrected chi connectivity index (χ1v) is 7.19. The molecule has 4 heteroatoms. The molecule has 0 N–H and O–H groups in total. The zero-order valence-electron chi connectivity index (χ0n) is 12.4. The van der Waals surface area contributed by atoms with Gasteiger partial charge in [0, 0.05) is 6.42 Å². The summed E-state index contributed by atoms with van der Waals surface area (Å²) in [5.41, 5.74) is 4.80. The van der Waals surface area contributed by atoms with E-state index in [2.05, 4.69) is 35.4 Å². The van der Waals surface area contributed by atoms with Gasteiger partial charge in [0.15, 0.2) is 5.69 Å². The second kappa shape index (κ2) is 6.23. The molecular formula is C18H16N4. The minimum Gasteiger partial charge on any atom is -0.243 e. The molecule has 0 spiro atoms. The van der Waals surface area contributed by atoms with E-state index in [9.17, 15) is 5.26 Å². The van der Waals surface area contributed by atoms with E-state index in [-0.39, 0.29) is 0 Å². The van der Waals surface area contributed by atoms with Crippen LogP contribution in [-0.2, 0) is 13.0 Å². The molecule has 1 heterocycles.